The second kappa shape index (κ2) is 5.96. The Morgan fingerprint density at radius 1 is 1.00 bits per heavy atom. The quantitative estimate of drug-likeness (QED) is 0.905. The molecule has 0 saturated heterocycles. The maximum atomic E-state index is 13.0. The number of hydrogen-bond donors (Lipinski definition) is 1. The number of carboxylic acid groups (broad SMARTS) is 1. The second-order valence-corrected chi connectivity index (χ2v) is 4.09. The first-order valence-electron chi connectivity index (χ1n) is 5.90. The molecule has 2 rings (SSSR count). The number of rotatable bonds is 4. The van der Waals surface area contributed by atoms with E-state index < -0.39 is 5.97 Å². The summed E-state index contributed by atoms with van der Waals surface area (Å²) in [5, 5.41) is 8.80. The van der Waals surface area contributed by atoms with Crippen molar-refractivity contribution in [3.05, 3.63) is 77.6 Å². The van der Waals surface area contributed by atoms with E-state index in [-0.39, 0.29) is 12.2 Å². The molecule has 0 spiro atoms. The first kappa shape index (κ1) is 13.0. The molecule has 2 aromatic rings. The zero-order valence-corrected chi connectivity index (χ0v) is 10.2. The topological polar surface area (TPSA) is 37.3 Å². The van der Waals surface area contributed by atoms with E-state index >= 15 is 0 Å². The summed E-state index contributed by atoms with van der Waals surface area (Å²) < 4.78 is 13.0. The molecule has 0 aliphatic rings. The normalized spacial score (nSPS) is 11.3. The number of benzene rings is 2. The van der Waals surface area contributed by atoms with Crippen molar-refractivity contribution >= 4 is 11.5 Å². The van der Waals surface area contributed by atoms with Gasteiger partial charge in [0.15, 0.2) is 0 Å². The average molecular weight is 256 g/mol. The van der Waals surface area contributed by atoms with Gasteiger partial charge in [-0.05, 0) is 28.8 Å². The molecule has 0 aromatic heterocycles. The van der Waals surface area contributed by atoms with Gasteiger partial charge in [-0.25, -0.2) is 4.39 Å². The molecule has 96 valence electrons. The maximum Gasteiger partial charge on any atom is 0.307 e. The van der Waals surface area contributed by atoms with Crippen molar-refractivity contribution in [2.24, 2.45) is 0 Å². The third-order valence-electron chi connectivity index (χ3n) is 2.72. The highest BCUT2D eigenvalue weighted by Crippen LogP contribution is 2.24. The molecule has 0 aliphatic heterocycles. The Labute approximate surface area is 110 Å². The van der Waals surface area contributed by atoms with E-state index in [0.717, 1.165) is 16.7 Å². The van der Waals surface area contributed by atoms with Gasteiger partial charge in [0.25, 0.3) is 0 Å². The molecule has 0 heterocycles. The first-order chi connectivity index (χ1) is 9.16. The molecule has 19 heavy (non-hydrogen) atoms. The molecule has 0 atom stereocenters. The van der Waals surface area contributed by atoms with E-state index in [2.05, 4.69) is 0 Å². The molecule has 2 nitrogen and oxygen atoms in total. The van der Waals surface area contributed by atoms with Crippen molar-refractivity contribution in [3.8, 4) is 0 Å². The van der Waals surface area contributed by atoms with Gasteiger partial charge in [0.2, 0.25) is 0 Å². The Morgan fingerprint density at radius 3 is 2.16 bits per heavy atom. The molecule has 0 radical (unpaired) electrons. The fourth-order valence-electron chi connectivity index (χ4n) is 1.84. The van der Waals surface area contributed by atoms with E-state index in [9.17, 15) is 9.18 Å². The minimum Gasteiger partial charge on any atom is -0.481 e. The summed E-state index contributed by atoms with van der Waals surface area (Å²) >= 11 is 0. The summed E-state index contributed by atoms with van der Waals surface area (Å²) in [7, 11) is 0. The van der Waals surface area contributed by atoms with Crippen molar-refractivity contribution in [1.29, 1.82) is 0 Å². The predicted octanol–water partition coefficient (Wildman–Crippen LogP) is 3.73. The summed E-state index contributed by atoms with van der Waals surface area (Å²) in [4.78, 5) is 10.7. The highest BCUT2D eigenvalue weighted by Gasteiger charge is 2.06. The SMILES string of the molecule is O=C(O)C/C=C(\c1ccccc1)c1ccc(F)cc1. The van der Waals surface area contributed by atoms with Crippen LogP contribution in [0.4, 0.5) is 4.39 Å². The number of hydrogen-bond acceptors (Lipinski definition) is 1. The van der Waals surface area contributed by atoms with E-state index in [1.807, 2.05) is 30.3 Å². The lowest BCUT2D eigenvalue weighted by Crippen LogP contribution is -1.94. The van der Waals surface area contributed by atoms with Gasteiger partial charge in [-0.15, -0.1) is 0 Å². The van der Waals surface area contributed by atoms with Crippen LogP contribution in [0.3, 0.4) is 0 Å². The van der Waals surface area contributed by atoms with Crippen LogP contribution in [-0.4, -0.2) is 11.1 Å². The lowest BCUT2D eigenvalue weighted by molar-refractivity contribution is -0.135. The first-order valence-corrected chi connectivity index (χ1v) is 5.90. The van der Waals surface area contributed by atoms with Crippen LogP contribution in [0.25, 0.3) is 5.57 Å². The average Bonchev–Trinajstić information content (AvgIpc) is 2.42. The van der Waals surface area contributed by atoms with E-state index in [1.165, 1.54) is 12.1 Å². The van der Waals surface area contributed by atoms with Crippen LogP contribution < -0.4 is 0 Å². The molecular weight excluding hydrogens is 243 g/mol. The van der Waals surface area contributed by atoms with Gasteiger partial charge < -0.3 is 5.11 Å². The summed E-state index contributed by atoms with van der Waals surface area (Å²) in [5.41, 5.74) is 2.51. The van der Waals surface area contributed by atoms with Crippen LogP contribution in [-0.2, 0) is 4.79 Å². The fraction of sp³-hybridized carbons (Fsp3) is 0.0625. The lowest BCUT2D eigenvalue weighted by Gasteiger charge is -2.08. The minimum absolute atomic E-state index is 0.0679. The Kier molecular flexibility index (Phi) is 4.08. The molecular formula is C16H13FO2. The Balaban J connectivity index is 2.43. The van der Waals surface area contributed by atoms with Crippen LogP contribution in [0.15, 0.2) is 60.7 Å². The number of halogens is 1. The molecule has 0 saturated carbocycles. The zero-order valence-electron chi connectivity index (χ0n) is 10.2. The van der Waals surface area contributed by atoms with Gasteiger partial charge in [0, 0.05) is 0 Å². The molecule has 0 fully saturated rings. The second-order valence-electron chi connectivity index (χ2n) is 4.09. The van der Waals surface area contributed by atoms with Gasteiger partial charge in [0.1, 0.15) is 5.82 Å². The summed E-state index contributed by atoms with van der Waals surface area (Å²) in [6.45, 7) is 0. The molecule has 3 heteroatoms. The van der Waals surface area contributed by atoms with Gasteiger partial charge in [0.05, 0.1) is 6.42 Å². The Morgan fingerprint density at radius 2 is 1.58 bits per heavy atom. The van der Waals surface area contributed by atoms with Crippen LogP contribution in [0, 0.1) is 5.82 Å². The molecule has 0 aliphatic carbocycles. The van der Waals surface area contributed by atoms with Crippen molar-refractivity contribution in [2.75, 3.05) is 0 Å². The Bertz CT molecular complexity index is 586. The van der Waals surface area contributed by atoms with Crippen molar-refractivity contribution in [3.63, 3.8) is 0 Å². The van der Waals surface area contributed by atoms with Gasteiger partial charge in [-0.1, -0.05) is 48.5 Å². The number of aliphatic carboxylic acids is 1. The number of carboxylic acids is 1. The van der Waals surface area contributed by atoms with Crippen molar-refractivity contribution in [1.82, 2.24) is 0 Å². The molecule has 0 bridgehead atoms. The summed E-state index contributed by atoms with van der Waals surface area (Å²) in [6.07, 6.45) is 1.58. The van der Waals surface area contributed by atoms with Crippen LogP contribution in [0.5, 0.6) is 0 Å². The van der Waals surface area contributed by atoms with Gasteiger partial charge >= 0.3 is 5.97 Å². The Hall–Kier alpha value is -2.42. The van der Waals surface area contributed by atoms with Gasteiger partial charge in [-0.3, -0.25) is 4.79 Å². The monoisotopic (exact) mass is 256 g/mol. The molecule has 2 aromatic carbocycles. The standard InChI is InChI=1S/C16H13FO2/c17-14-8-6-13(7-9-14)15(10-11-16(18)19)12-4-2-1-3-5-12/h1-10H,11H2,(H,18,19)/b15-10+. The largest absolute Gasteiger partial charge is 0.481 e. The molecule has 0 unspecified atom stereocenters. The summed E-state index contributed by atoms with van der Waals surface area (Å²) in [6, 6.07) is 15.5. The minimum atomic E-state index is -0.893. The third kappa shape index (κ3) is 3.52. The van der Waals surface area contributed by atoms with Crippen molar-refractivity contribution in [2.45, 2.75) is 6.42 Å². The van der Waals surface area contributed by atoms with Crippen LogP contribution in [0.1, 0.15) is 17.5 Å². The highest BCUT2D eigenvalue weighted by atomic mass is 19.1. The molecule has 0 amide bonds. The van der Waals surface area contributed by atoms with Gasteiger partial charge in [-0.2, -0.15) is 0 Å². The molecule has 1 N–H and O–H groups in total. The lowest BCUT2D eigenvalue weighted by atomic mass is 9.97. The number of carbonyl (C=O) groups is 1. The van der Waals surface area contributed by atoms with E-state index in [1.54, 1.807) is 18.2 Å². The fourth-order valence-corrected chi connectivity index (χ4v) is 1.84. The van der Waals surface area contributed by atoms with E-state index in [0.29, 0.717) is 0 Å². The maximum absolute atomic E-state index is 13.0. The van der Waals surface area contributed by atoms with Crippen molar-refractivity contribution < 1.29 is 14.3 Å². The summed E-state index contributed by atoms with van der Waals surface area (Å²) in [5.74, 6) is -1.20. The van der Waals surface area contributed by atoms with Crippen LogP contribution in [0.2, 0.25) is 0 Å². The zero-order chi connectivity index (χ0) is 13.7. The smallest absolute Gasteiger partial charge is 0.307 e. The predicted molar refractivity (Wildman–Crippen MR) is 72.2 cm³/mol. The highest BCUT2D eigenvalue weighted by molar-refractivity contribution is 5.82. The van der Waals surface area contributed by atoms with E-state index in [4.69, 9.17) is 5.11 Å². The van der Waals surface area contributed by atoms with Crippen LogP contribution >= 0.6 is 0 Å². The third-order valence-corrected chi connectivity index (χ3v) is 2.72.